The standard InChI is InChI=1S/C18H23N3O2/c1-14(9-16-7-8-21-17(19)10-16)11-20-12-18(22)23-13-15-5-3-2-4-6-15/h2-8,10,14,20H,9,11-13H2,1H3,(H2,19,21). The number of hydrogen-bond donors (Lipinski definition) is 2. The van der Waals surface area contributed by atoms with Gasteiger partial charge in [0, 0.05) is 6.20 Å². The fraction of sp³-hybridized carbons (Fsp3) is 0.333. The van der Waals surface area contributed by atoms with Crippen LogP contribution >= 0.6 is 0 Å². The summed E-state index contributed by atoms with van der Waals surface area (Å²) in [4.78, 5) is 15.7. The number of nitrogen functional groups attached to an aromatic ring is 1. The van der Waals surface area contributed by atoms with Gasteiger partial charge in [-0.3, -0.25) is 4.79 Å². The summed E-state index contributed by atoms with van der Waals surface area (Å²) in [5.74, 6) is 0.681. The van der Waals surface area contributed by atoms with E-state index in [0.29, 0.717) is 18.3 Å². The molecule has 0 fully saturated rings. The van der Waals surface area contributed by atoms with Crippen LogP contribution in [0.5, 0.6) is 0 Å². The van der Waals surface area contributed by atoms with Crippen molar-refractivity contribution in [2.45, 2.75) is 20.0 Å². The van der Waals surface area contributed by atoms with Crippen LogP contribution in [0.2, 0.25) is 0 Å². The van der Waals surface area contributed by atoms with Crippen LogP contribution in [0.15, 0.2) is 48.7 Å². The molecule has 3 N–H and O–H groups in total. The van der Waals surface area contributed by atoms with Gasteiger partial charge in [-0.1, -0.05) is 37.3 Å². The molecule has 1 atom stereocenters. The van der Waals surface area contributed by atoms with Crippen molar-refractivity contribution in [3.05, 3.63) is 59.8 Å². The van der Waals surface area contributed by atoms with E-state index in [2.05, 4.69) is 17.2 Å². The molecule has 0 saturated carbocycles. The van der Waals surface area contributed by atoms with Gasteiger partial charge in [0.15, 0.2) is 0 Å². The first-order valence-corrected chi connectivity index (χ1v) is 7.74. The lowest BCUT2D eigenvalue weighted by Crippen LogP contribution is -2.29. The molecule has 5 nitrogen and oxygen atoms in total. The predicted molar refractivity (Wildman–Crippen MR) is 90.6 cm³/mol. The minimum atomic E-state index is -0.241. The highest BCUT2D eigenvalue weighted by Gasteiger charge is 2.07. The maximum atomic E-state index is 11.7. The molecule has 0 spiro atoms. The van der Waals surface area contributed by atoms with Gasteiger partial charge in [-0.2, -0.15) is 0 Å². The van der Waals surface area contributed by atoms with Gasteiger partial charge < -0.3 is 15.8 Å². The van der Waals surface area contributed by atoms with E-state index >= 15 is 0 Å². The summed E-state index contributed by atoms with van der Waals surface area (Å²) in [6, 6.07) is 13.5. The van der Waals surface area contributed by atoms with E-state index in [9.17, 15) is 4.79 Å². The van der Waals surface area contributed by atoms with Crippen LogP contribution in [0, 0.1) is 5.92 Å². The summed E-state index contributed by atoms with van der Waals surface area (Å²) in [6.45, 7) is 3.39. The predicted octanol–water partition coefficient (Wildman–Crippen LogP) is 2.18. The molecule has 0 aliphatic carbocycles. The molecule has 1 aromatic carbocycles. The van der Waals surface area contributed by atoms with Crippen molar-refractivity contribution in [3.8, 4) is 0 Å². The first kappa shape index (κ1) is 17.0. The Labute approximate surface area is 136 Å². The topological polar surface area (TPSA) is 77.2 Å². The lowest BCUT2D eigenvalue weighted by atomic mass is 10.0. The quantitative estimate of drug-likeness (QED) is 0.730. The van der Waals surface area contributed by atoms with Crippen LogP contribution in [-0.4, -0.2) is 24.0 Å². The number of nitrogens with two attached hydrogens (primary N) is 1. The van der Waals surface area contributed by atoms with Crippen LogP contribution in [0.4, 0.5) is 5.82 Å². The average molecular weight is 313 g/mol. The van der Waals surface area contributed by atoms with Crippen molar-refractivity contribution in [1.29, 1.82) is 0 Å². The van der Waals surface area contributed by atoms with Crippen molar-refractivity contribution in [3.63, 3.8) is 0 Å². The number of nitrogens with one attached hydrogen (secondary N) is 1. The first-order chi connectivity index (χ1) is 11.1. The maximum absolute atomic E-state index is 11.7. The van der Waals surface area contributed by atoms with E-state index in [1.54, 1.807) is 6.20 Å². The van der Waals surface area contributed by atoms with Crippen LogP contribution in [-0.2, 0) is 22.6 Å². The summed E-state index contributed by atoms with van der Waals surface area (Å²) in [6.07, 6.45) is 2.60. The highest BCUT2D eigenvalue weighted by Crippen LogP contribution is 2.09. The fourth-order valence-corrected chi connectivity index (χ4v) is 2.31. The van der Waals surface area contributed by atoms with Crippen molar-refractivity contribution < 1.29 is 9.53 Å². The van der Waals surface area contributed by atoms with Gasteiger partial charge in [0.1, 0.15) is 12.4 Å². The van der Waals surface area contributed by atoms with Crippen LogP contribution in [0.1, 0.15) is 18.1 Å². The number of ether oxygens (including phenoxy) is 1. The number of benzene rings is 1. The minimum absolute atomic E-state index is 0.218. The van der Waals surface area contributed by atoms with Gasteiger partial charge in [-0.05, 0) is 42.1 Å². The lowest BCUT2D eigenvalue weighted by Gasteiger charge is -2.12. The Hall–Kier alpha value is -2.40. The van der Waals surface area contributed by atoms with Crippen LogP contribution in [0.3, 0.4) is 0 Å². The van der Waals surface area contributed by atoms with Gasteiger partial charge >= 0.3 is 5.97 Å². The zero-order valence-corrected chi connectivity index (χ0v) is 13.4. The van der Waals surface area contributed by atoms with Gasteiger partial charge in [0.25, 0.3) is 0 Å². The Morgan fingerprint density at radius 3 is 2.78 bits per heavy atom. The van der Waals surface area contributed by atoms with E-state index in [1.807, 2.05) is 42.5 Å². The molecule has 2 rings (SSSR count). The number of esters is 1. The summed E-state index contributed by atoms with van der Waals surface area (Å²) >= 11 is 0. The Morgan fingerprint density at radius 2 is 2.04 bits per heavy atom. The molecular weight excluding hydrogens is 290 g/mol. The Bertz CT molecular complexity index is 617. The number of anilines is 1. The molecule has 1 unspecified atom stereocenters. The average Bonchev–Trinajstić information content (AvgIpc) is 2.54. The number of nitrogens with zero attached hydrogens (tertiary/aromatic N) is 1. The third-order valence-corrected chi connectivity index (χ3v) is 3.43. The number of carbonyl (C=O) groups excluding carboxylic acids is 1. The smallest absolute Gasteiger partial charge is 0.320 e. The number of aromatic nitrogens is 1. The number of carbonyl (C=O) groups is 1. The Morgan fingerprint density at radius 1 is 1.26 bits per heavy atom. The molecule has 5 heteroatoms. The molecule has 0 aliphatic heterocycles. The summed E-state index contributed by atoms with van der Waals surface area (Å²) in [5, 5.41) is 3.13. The fourth-order valence-electron chi connectivity index (χ4n) is 2.31. The molecule has 1 aromatic heterocycles. The van der Waals surface area contributed by atoms with Crippen molar-refractivity contribution in [2.75, 3.05) is 18.8 Å². The van der Waals surface area contributed by atoms with Crippen LogP contribution in [0.25, 0.3) is 0 Å². The number of hydrogen-bond acceptors (Lipinski definition) is 5. The van der Waals surface area contributed by atoms with Gasteiger partial charge in [-0.15, -0.1) is 0 Å². The minimum Gasteiger partial charge on any atom is -0.460 e. The van der Waals surface area contributed by atoms with Crippen LogP contribution < -0.4 is 11.1 Å². The second-order valence-electron chi connectivity index (χ2n) is 5.68. The first-order valence-electron chi connectivity index (χ1n) is 7.74. The molecule has 2 aromatic rings. The Balaban J connectivity index is 1.63. The van der Waals surface area contributed by atoms with E-state index in [-0.39, 0.29) is 12.5 Å². The van der Waals surface area contributed by atoms with Gasteiger partial charge in [0.2, 0.25) is 0 Å². The molecule has 1 heterocycles. The third kappa shape index (κ3) is 6.48. The van der Waals surface area contributed by atoms with Gasteiger partial charge in [-0.25, -0.2) is 4.98 Å². The molecule has 23 heavy (non-hydrogen) atoms. The second-order valence-corrected chi connectivity index (χ2v) is 5.68. The highest BCUT2D eigenvalue weighted by atomic mass is 16.5. The van der Waals surface area contributed by atoms with Gasteiger partial charge in [0.05, 0.1) is 6.54 Å². The zero-order valence-electron chi connectivity index (χ0n) is 13.4. The molecule has 0 saturated heterocycles. The largest absolute Gasteiger partial charge is 0.460 e. The molecular formula is C18H23N3O2. The second kappa shape index (κ2) is 8.90. The molecule has 0 amide bonds. The summed E-state index contributed by atoms with van der Waals surface area (Å²) in [7, 11) is 0. The number of rotatable bonds is 8. The maximum Gasteiger partial charge on any atom is 0.320 e. The zero-order chi connectivity index (χ0) is 16.5. The molecule has 0 aliphatic rings. The van der Waals surface area contributed by atoms with E-state index in [4.69, 9.17) is 10.5 Å². The normalized spacial score (nSPS) is 11.9. The number of pyridine rings is 1. The summed E-state index contributed by atoms with van der Waals surface area (Å²) in [5.41, 5.74) is 7.81. The third-order valence-electron chi connectivity index (χ3n) is 3.43. The van der Waals surface area contributed by atoms with E-state index < -0.39 is 0 Å². The monoisotopic (exact) mass is 313 g/mol. The molecule has 122 valence electrons. The molecule has 0 radical (unpaired) electrons. The van der Waals surface area contributed by atoms with E-state index in [0.717, 1.165) is 24.1 Å². The van der Waals surface area contributed by atoms with Crippen molar-refractivity contribution >= 4 is 11.8 Å². The summed E-state index contributed by atoms with van der Waals surface area (Å²) < 4.78 is 5.22. The lowest BCUT2D eigenvalue weighted by molar-refractivity contribution is -0.143. The van der Waals surface area contributed by atoms with E-state index in [1.165, 1.54) is 0 Å². The SMILES string of the molecule is CC(CNCC(=O)OCc1ccccc1)Cc1ccnc(N)c1. The Kier molecular flexibility index (Phi) is 6.56. The van der Waals surface area contributed by atoms with Crippen molar-refractivity contribution in [2.24, 2.45) is 5.92 Å². The highest BCUT2D eigenvalue weighted by molar-refractivity contribution is 5.71. The molecule has 0 bridgehead atoms. The van der Waals surface area contributed by atoms with Crippen molar-refractivity contribution in [1.82, 2.24) is 10.3 Å².